The normalized spacial score (nSPS) is 14.6. The quantitative estimate of drug-likeness (QED) is 0.297. The van der Waals surface area contributed by atoms with E-state index in [1.807, 2.05) is 4.90 Å². The Bertz CT molecular complexity index is 1250. The smallest absolute Gasteiger partial charge is 0.232 e. The number of thioether (sulfide) groups is 1. The number of carbonyl (C=O) groups is 1. The van der Waals surface area contributed by atoms with E-state index in [1.165, 1.54) is 29.2 Å². The first-order valence-electron chi connectivity index (χ1n) is 11.7. The van der Waals surface area contributed by atoms with Gasteiger partial charge in [-0.1, -0.05) is 77.1 Å². The summed E-state index contributed by atoms with van der Waals surface area (Å²) in [4.78, 5) is 23.6. The van der Waals surface area contributed by atoms with E-state index in [9.17, 15) is 4.79 Å². The number of fused-ring (bicyclic) bond motifs is 1. The molecule has 2 aromatic heterocycles. The van der Waals surface area contributed by atoms with E-state index in [4.69, 9.17) is 0 Å². The molecule has 3 heterocycles. The lowest BCUT2D eigenvalue weighted by Crippen LogP contribution is -2.39. The van der Waals surface area contributed by atoms with Gasteiger partial charge in [-0.15, -0.1) is 5.10 Å². The van der Waals surface area contributed by atoms with E-state index in [-0.39, 0.29) is 5.91 Å². The minimum Gasteiger partial charge on any atom is -0.342 e. The Morgan fingerprint density at radius 3 is 2.53 bits per heavy atom. The molecule has 0 spiro atoms. The Labute approximate surface area is 203 Å². The Morgan fingerprint density at radius 1 is 1.00 bits per heavy atom. The van der Waals surface area contributed by atoms with Crippen LogP contribution in [-0.2, 0) is 17.8 Å². The summed E-state index contributed by atoms with van der Waals surface area (Å²) in [6.07, 6.45) is 4.72. The van der Waals surface area contributed by atoms with Crippen LogP contribution >= 0.6 is 11.8 Å². The number of benzene rings is 2. The molecule has 0 unspecified atom stereocenters. The number of aryl methyl sites for hydroxylation is 1. The minimum atomic E-state index is 0.155. The van der Waals surface area contributed by atoms with E-state index in [0.29, 0.717) is 34.4 Å². The van der Waals surface area contributed by atoms with Gasteiger partial charge in [-0.25, -0.2) is 14.6 Å². The molecule has 1 aliphatic rings. The highest BCUT2D eigenvalue weighted by molar-refractivity contribution is 8.00. The highest BCUT2D eigenvalue weighted by Crippen LogP contribution is 2.25. The first kappa shape index (κ1) is 22.5. The van der Waals surface area contributed by atoms with Gasteiger partial charge in [-0.05, 0) is 43.2 Å². The number of carbonyl (C=O) groups excluding carboxylic acids is 1. The number of hydrogen-bond acceptors (Lipinski definition) is 6. The van der Waals surface area contributed by atoms with Crippen LogP contribution in [0.15, 0.2) is 66.0 Å². The van der Waals surface area contributed by atoms with Crippen LogP contribution in [0.3, 0.4) is 0 Å². The molecule has 1 aliphatic heterocycles. The highest BCUT2D eigenvalue weighted by atomic mass is 32.2. The van der Waals surface area contributed by atoms with Crippen LogP contribution in [-0.4, -0.2) is 54.6 Å². The second-order valence-corrected chi connectivity index (χ2v) is 9.85. The van der Waals surface area contributed by atoms with Crippen molar-refractivity contribution in [3.8, 4) is 0 Å². The van der Waals surface area contributed by atoms with Crippen LogP contribution in [0.1, 0.15) is 29.5 Å². The van der Waals surface area contributed by atoms with Crippen molar-refractivity contribution in [1.82, 2.24) is 29.9 Å². The molecule has 8 heteroatoms. The number of rotatable bonds is 7. The van der Waals surface area contributed by atoms with E-state index in [1.54, 1.807) is 4.68 Å². The fourth-order valence-electron chi connectivity index (χ4n) is 4.41. The van der Waals surface area contributed by atoms with Crippen LogP contribution in [0, 0.1) is 12.8 Å². The van der Waals surface area contributed by atoms with Crippen LogP contribution in [0.2, 0.25) is 0 Å². The molecule has 2 aromatic carbocycles. The highest BCUT2D eigenvalue weighted by Gasteiger charge is 2.23. The van der Waals surface area contributed by atoms with Gasteiger partial charge < -0.3 is 4.90 Å². The summed E-state index contributed by atoms with van der Waals surface area (Å²) in [7, 11) is 0. The van der Waals surface area contributed by atoms with Crippen molar-refractivity contribution >= 4 is 28.8 Å². The number of aromatic nitrogens is 5. The molecular formula is C26H28N6OS. The van der Waals surface area contributed by atoms with Crippen molar-refractivity contribution in [2.45, 2.75) is 37.8 Å². The van der Waals surface area contributed by atoms with Crippen molar-refractivity contribution < 1.29 is 4.79 Å². The average molecular weight is 473 g/mol. The first-order valence-corrected chi connectivity index (χ1v) is 12.7. The summed E-state index contributed by atoms with van der Waals surface area (Å²) in [6.45, 7) is 4.31. The van der Waals surface area contributed by atoms with Crippen molar-refractivity contribution in [3.05, 3.63) is 77.6 Å². The molecule has 7 nitrogen and oxygen atoms in total. The predicted molar refractivity (Wildman–Crippen MR) is 134 cm³/mol. The molecule has 1 fully saturated rings. The van der Waals surface area contributed by atoms with Gasteiger partial charge in [0.1, 0.15) is 11.4 Å². The first-order chi connectivity index (χ1) is 16.7. The van der Waals surface area contributed by atoms with Gasteiger partial charge in [0.05, 0.1) is 12.3 Å². The third kappa shape index (κ3) is 5.28. The lowest BCUT2D eigenvalue weighted by Gasteiger charge is -2.32. The summed E-state index contributed by atoms with van der Waals surface area (Å²) in [5, 5.41) is 9.30. The molecule has 0 N–H and O–H groups in total. The standard InChI is InChI=1S/C26H28N6OS/c1-19-7-9-22(10-8-19)16-32-25-24(29-30-32)26(28-18-27-25)34-17-23(33)31-13-11-21(12-14-31)15-20-5-3-2-4-6-20/h2-10,18,21H,11-17H2,1H3. The van der Waals surface area contributed by atoms with Gasteiger partial charge in [-0.2, -0.15) is 0 Å². The lowest BCUT2D eigenvalue weighted by atomic mass is 9.90. The molecule has 0 saturated carbocycles. The van der Waals surface area contributed by atoms with E-state index in [2.05, 4.69) is 81.8 Å². The minimum absolute atomic E-state index is 0.155. The molecule has 0 bridgehead atoms. The van der Waals surface area contributed by atoms with E-state index in [0.717, 1.165) is 37.9 Å². The van der Waals surface area contributed by atoms with Crippen LogP contribution in [0.25, 0.3) is 11.2 Å². The molecular weight excluding hydrogens is 444 g/mol. The predicted octanol–water partition coefficient (Wildman–Crippen LogP) is 4.15. The van der Waals surface area contributed by atoms with Crippen molar-refractivity contribution in [1.29, 1.82) is 0 Å². The maximum absolute atomic E-state index is 12.9. The summed E-state index contributed by atoms with van der Waals surface area (Å²) in [6, 6.07) is 19.0. The molecule has 0 atom stereocenters. The van der Waals surface area contributed by atoms with Crippen molar-refractivity contribution in [3.63, 3.8) is 0 Å². The summed E-state index contributed by atoms with van der Waals surface area (Å²) >= 11 is 1.42. The van der Waals surface area contributed by atoms with Gasteiger partial charge in [0.25, 0.3) is 0 Å². The Morgan fingerprint density at radius 2 is 1.76 bits per heavy atom. The maximum atomic E-state index is 12.9. The molecule has 0 aliphatic carbocycles. The van der Waals surface area contributed by atoms with Crippen LogP contribution in [0.4, 0.5) is 0 Å². The number of piperidine rings is 1. The second-order valence-electron chi connectivity index (χ2n) is 8.89. The molecule has 34 heavy (non-hydrogen) atoms. The fraction of sp³-hybridized carbons (Fsp3) is 0.346. The number of amides is 1. The second kappa shape index (κ2) is 10.3. The fourth-order valence-corrected chi connectivity index (χ4v) is 5.24. The third-order valence-electron chi connectivity index (χ3n) is 6.39. The Hall–Kier alpha value is -3.26. The molecule has 0 radical (unpaired) electrons. The number of hydrogen-bond donors (Lipinski definition) is 0. The van der Waals surface area contributed by atoms with Gasteiger partial charge in [-0.3, -0.25) is 4.79 Å². The van der Waals surface area contributed by atoms with Gasteiger partial charge in [0.15, 0.2) is 11.2 Å². The van der Waals surface area contributed by atoms with Gasteiger partial charge in [0, 0.05) is 13.1 Å². The van der Waals surface area contributed by atoms with E-state index < -0.39 is 0 Å². The van der Waals surface area contributed by atoms with Gasteiger partial charge in [0.2, 0.25) is 5.91 Å². The molecule has 1 saturated heterocycles. The van der Waals surface area contributed by atoms with Crippen molar-refractivity contribution in [2.75, 3.05) is 18.8 Å². The summed E-state index contributed by atoms with van der Waals surface area (Å²) in [5.74, 6) is 1.14. The zero-order valence-corrected chi connectivity index (χ0v) is 20.1. The SMILES string of the molecule is Cc1ccc(Cn2nnc3c(SCC(=O)N4CCC(Cc5ccccc5)CC4)ncnc32)cc1. The topological polar surface area (TPSA) is 76.8 Å². The van der Waals surface area contributed by atoms with E-state index >= 15 is 0 Å². The number of nitrogens with zero attached hydrogens (tertiary/aromatic N) is 6. The number of likely N-dealkylation sites (tertiary alicyclic amines) is 1. The zero-order chi connectivity index (χ0) is 23.3. The average Bonchev–Trinajstić information content (AvgIpc) is 3.28. The summed E-state index contributed by atoms with van der Waals surface area (Å²) in [5.41, 5.74) is 5.07. The van der Waals surface area contributed by atoms with Crippen LogP contribution in [0.5, 0.6) is 0 Å². The largest absolute Gasteiger partial charge is 0.342 e. The van der Waals surface area contributed by atoms with Gasteiger partial charge >= 0.3 is 0 Å². The Kier molecular flexibility index (Phi) is 6.85. The molecule has 5 rings (SSSR count). The monoisotopic (exact) mass is 472 g/mol. The maximum Gasteiger partial charge on any atom is 0.232 e. The zero-order valence-electron chi connectivity index (χ0n) is 19.3. The molecule has 4 aromatic rings. The third-order valence-corrected chi connectivity index (χ3v) is 7.35. The molecule has 174 valence electrons. The van der Waals surface area contributed by atoms with Crippen LogP contribution < -0.4 is 0 Å². The molecule has 1 amide bonds. The Balaban J connectivity index is 1.17. The van der Waals surface area contributed by atoms with Crippen molar-refractivity contribution in [2.24, 2.45) is 5.92 Å². The lowest BCUT2D eigenvalue weighted by molar-refractivity contribution is -0.129. The summed E-state index contributed by atoms with van der Waals surface area (Å²) < 4.78 is 1.78.